The molecule has 3 nitrogen and oxygen atoms in total. The van der Waals surface area contributed by atoms with E-state index in [4.69, 9.17) is 9.47 Å². The third-order valence-electron chi connectivity index (χ3n) is 10.5. The number of halogens is 11. The second-order valence-corrected chi connectivity index (χ2v) is 13.7. The molecule has 2 atom stereocenters. The molecule has 1 aliphatic heterocycles. The first-order valence-corrected chi connectivity index (χ1v) is 16.8. The number of hydrogen-bond donors (Lipinski definition) is 0. The van der Waals surface area contributed by atoms with Gasteiger partial charge in [-0.05, 0) is 92.7 Å². The van der Waals surface area contributed by atoms with Gasteiger partial charge in [-0.3, -0.25) is 0 Å². The van der Waals surface area contributed by atoms with Gasteiger partial charge in [-0.25, -0.2) is 22.3 Å². The number of ether oxygens (including phenoxy) is 3. The molecule has 2 aliphatic carbocycles. The lowest BCUT2D eigenvalue weighted by Gasteiger charge is -2.42. The largest absolute Gasteiger partial charge is 0.527 e. The van der Waals surface area contributed by atoms with Gasteiger partial charge in [0, 0.05) is 12.1 Å². The molecule has 49 heavy (non-hydrogen) atoms. The van der Waals surface area contributed by atoms with Gasteiger partial charge in [-0.2, -0.15) is 17.6 Å². The molecule has 5 rings (SSSR count). The Morgan fingerprint density at radius 1 is 0.673 bits per heavy atom. The van der Waals surface area contributed by atoms with E-state index in [0.717, 1.165) is 18.8 Å². The predicted molar refractivity (Wildman–Crippen MR) is 157 cm³/mol. The average molecular weight is 717 g/mol. The fourth-order valence-corrected chi connectivity index (χ4v) is 8.04. The SMILES string of the molecule is CCCC1CCC(C2CCC(C3CCC(C(F)(F)Oc4cc(F)c(-c5cc(F)c(C(F)(F)OC(F)(F)F)c(F)c5)c(F)c4)CC3)OC2)CC1. The van der Waals surface area contributed by atoms with Crippen molar-refractivity contribution in [3.8, 4) is 16.9 Å². The zero-order valence-electron chi connectivity index (χ0n) is 26.8. The fraction of sp³-hybridized carbons (Fsp3) is 0.657. The first-order chi connectivity index (χ1) is 23.0. The van der Waals surface area contributed by atoms with Gasteiger partial charge in [-0.15, -0.1) is 13.2 Å². The minimum absolute atomic E-state index is 0.00830. The molecule has 14 heteroatoms. The van der Waals surface area contributed by atoms with Crippen molar-refractivity contribution in [3.63, 3.8) is 0 Å². The zero-order chi connectivity index (χ0) is 35.7. The van der Waals surface area contributed by atoms with E-state index in [2.05, 4.69) is 11.7 Å². The van der Waals surface area contributed by atoms with Gasteiger partial charge in [0.2, 0.25) is 0 Å². The van der Waals surface area contributed by atoms with Gasteiger partial charge < -0.3 is 9.47 Å². The molecule has 0 spiro atoms. The molecule has 3 aliphatic rings. The number of hydrogen-bond acceptors (Lipinski definition) is 3. The molecule has 0 radical (unpaired) electrons. The standard InChI is InChI=1S/C35H39F11O3/c1-2-3-19-4-6-20(7-5-19)22-10-13-30(47-18-22)21-8-11-24(12-9-21)33(40,41)48-25-16-26(36)31(27(37)17-25)23-14-28(38)32(29(39)15-23)34(42,43)49-35(44,45)46/h14-17,19-22,24,30H,2-13,18H2,1H3. The quantitative estimate of drug-likeness (QED) is 0.229. The van der Waals surface area contributed by atoms with E-state index in [-0.39, 0.29) is 37.0 Å². The molecule has 0 aromatic heterocycles. The third kappa shape index (κ3) is 9.01. The molecule has 1 heterocycles. The van der Waals surface area contributed by atoms with Crippen LogP contribution in [-0.4, -0.2) is 25.2 Å². The van der Waals surface area contributed by atoms with Crippen LogP contribution < -0.4 is 4.74 Å². The Bertz CT molecular complexity index is 1380. The van der Waals surface area contributed by atoms with E-state index in [1.807, 2.05) is 0 Å². The maximum absolute atomic E-state index is 15.2. The summed E-state index contributed by atoms with van der Waals surface area (Å²) in [4.78, 5) is 0. The van der Waals surface area contributed by atoms with E-state index in [0.29, 0.717) is 43.4 Å². The van der Waals surface area contributed by atoms with Crippen LogP contribution >= 0.6 is 0 Å². The topological polar surface area (TPSA) is 27.7 Å². The maximum atomic E-state index is 15.2. The molecule has 1 saturated heterocycles. The molecular formula is C35H39F11O3. The maximum Gasteiger partial charge on any atom is 0.527 e. The Morgan fingerprint density at radius 2 is 1.22 bits per heavy atom. The van der Waals surface area contributed by atoms with Crippen molar-refractivity contribution in [2.24, 2.45) is 29.6 Å². The molecule has 0 amide bonds. The van der Waals surface area contributed by atoms with Crippen LogP contribution in [0, 0.1) is 52.9 Å². The number of benzene rings is 2. The van der Waals surface area contributed by atoms with Gasteiger partial charge in [0.15, 0.2) is 0 Å². The van der Waals surface area contributed by atoms with Crippen molar-refractivity contribution in [1.82, 2.24) is 0 Å². The predicted octanol–water partition coefficient (Wildman–Crippen LogP) is 11.7. The monoisotopic (exact) mass is 716 g/mol. The summed E-state index contributed by atoms with van der Waals surface area (Å²) >= 11 is 0. The summed E-state index contributed by atoms with van der Waals surface area (Å²) in [5.74, 6) is -7.93. The van der Waals surface area contributed by atoms with E-state index < -0.39 is 70.2 Å². The highest BCUT2D eigenvalue weighted by atomic mass is 19.4. The highest BCUT2D eigenvalue weighted by molar-refractivity contribution is 5.66. The van der Waals surface area contributed by atoms with Crippen LogP contribution in [0.25, 0.3) is 11.1 Å². The lowest BCUT2D eigenvalue weighted by Crippen LogP contribution is -2.41. The van der Waals surface area contributed by atoms with Crippen LogP contribution in [-0.2, 0) is 15.6 Å². The molecule has 2 saturated carbocycles. The van der Waals surface area contributed by atoms with Crippen molar-refractivity contribution in [3.05, 3.63) is 53.1 Å². The van der Waals surface area contributed by atoms with Gasteiger partial charge in [0.25, 0.3) is 0 Å². The zero-order valence-corrected chi connectivity index (χ0v) is 26.8. The van der Waals surface area contributed by atoms with Crippen LogP contribution in [0.5, 0.6) is 5.75 Å². The molecular weight excluding hydrogens is 677 g/mol. The number of rotatable bonds is 10. The Kier molecular flexibility index (Phi) is 11.5. The Labute approximate surface area is 277 Å². The van der Waals surface area contributed by atoms with Crippen molar-refractivity contribution in [2.45, 2.75) is 109 Å². The fourth-order valence-electron chi connectivity index (χ4n) is 8.04. The van der Waals surface area contributed by atoms with Crippen molar-refractivity contribution >= 4 is 0 Å². The first kappa shape index (κ1) is 37.6. The highest BCUT2D eigenvalue weighted by Gasteiger charge is 2.50. The first-order valence-electron chi connectivity index (χ1n) is 16.8. The molecule has 0 bridgehead atoms. The van der Waals surface area contributed by atoms with E-state index in [1.54, 1.807) is 0 Å². The minimum Gasteiger partial charge on any atom is -0.432 e. The van der Waals surface area contributed by atoms with Gasteiger partial charge in [0.05, 0.1) is 24.2 Å². The average Bonchev–Trinajstić information content (AvgIpc) is 2.99. The van der Waals surface area contributed by atoms with Gasteiger partial charge in [-0.1, -0.05) is 32.6 Å². The molecule has 2 unspecified atom stereocenters. The van der Waals surface area contributed by atoms with Crippen LogP contribution in [0.4, 0.5) is 48.3 Å². The molecule has 3 fully saturated rings. The minimum atomic E-state index is -5.98. The van der Waals surface area contributed by atoms with E-state index in [9.17, 15) is 39.5 Å². The van der Waals surface area contributed by atoms with Crippen molar-refractivity contribution in [2.75, 3.05) is 6.61 Å². The van der Waals surface area contributed by atoms with Gasteiger partial charge >= 0.3 is 18.6 Å². The van der Waals surface area contributed by atoms with E-state index in [1.165, 1.54) is 38.5 Å². The second-order valence-electron chi connectivity index (χ2n) is 13.7. The van der Waals surface area contributed by atoms with Crippen molar-refractivity contribution in [1.29, 1.82) is 0 Å². The van der Waals surface area contributed by atoms with E-state index >= 15 is 8.78 Å². The Balaban J connectivity index is 1.17. The number of alkyl halides is 7. The van der Waals surface area contributed by atoms with Gasteiger partial charge in [0.1, 0.15) is 34.6 Å². The lowest BCUT2D eigenvalue weighted by molar-refractivity contribution is -0.432. The molecule has 0 N–H and O–H groups in total. The summed E-state index contributed by atoms with van der Waals surface area (Å²) in [5, 5.41) is 0. The summed E-state index contributed by atoms with van der Waals surface area (Å²) in [6, 6.07) is 0.614. The molecule has 2 aromatic carbocycles. The van der Waals surface area contributed by atoms with Crippen molar-refractivity contribution < 1.29 is 62.5 Å². The summed E-state index contributed by atoms with van der Waals surface area (Å²) in [6.07, 6.45) is -4.79. The second kappa shape index (κ2) is 14.9. The van der Waals surface area contributed by atoms with Crippen LogP contribution in [0.1, 0.15) is 89.5 Å². The highest BCUT2D eigenvalue weighted by Crippen LogP contribution is 2.46. The molecule has 2 aromatic rings. The van der Waals surface area contributed by atoms with Crippen LogP contribution in [0.15, 0.2) is 24.3 Å². The summed E-state index contributed by atoms with van der Waals surface area (Å²) in [7, 11) is 0. The van der Waals surface area contributed by atoms with Crippen LogP contribution in [0.3, 0.4) is 0 Å². The van der Waals surface area contributed by atoms with Crippen LogP contribution in [0.2, 0.25) is 0 Å². The Hall–Kier alpha value is -2.61. The molecule has 274 valence electrons. The third-order valence-corrected chi connectivity index (χ3v) is 10.5. The summed E-state index contributed by atoms with van der Waals surface area (Å²) < 4.78 is 167. The lowest BCUT2D eigenvalue weighted by atomic mass is 9.71. The normalized spacial score (nSPS) is 27.3. The summed E-state index contributed by atoms with van der Waals surface area (Å²) in [5.41, 5.74) is -4.67. The summed E-state index contributed by atoms with van der Waals surface area (Å²) in [6.45, 7) is 2.90. The smallest absolute Gasteiger partial charge is 0.432 e. The Morgan fingerprint density at radius 3 is 1.73 bits per heavy atom.